The van der Waals surface area contributed by atoms with Crippen LogP contribution in [0, 0.1) is 6.92 Å². The van der Waals surface area contributed by atoms with Crippen LogP contribution in [0.3, 0.4) is 0 Å². The predicted molar refractivity (Wildman–Crippen MR) is 103 cm³/mol. The van der Waals surface area contributed by atoms with Crippen LogP contribution in [0.4, 0.5) is 0 Å². The molecule has 3 rings (SSSR count). The summed E-state index contributed by atoms with van der Waals surface area (Å²) in [6.45, 7) is 11.6. The third kappa shape index (κ3) is 4.58. The van der Waals surface area contributed by atoms with Crippen molar-refractivity contribution in [2.24, 2.45) is 0 Å². The number of benzene rings is 1. The lowest BCUT2D eigenvalue weighted by molar-refractivity contribution is -0.148. The Hall–Kier alpha value is -2.70. The topological polar surface area (TPSA) is 71.1 Å². The molecule has 6 heteroatoms. The van der Waals surface area contributed by atoms with E-state index in [9.17, 15) is 9.59 Å². The van der Waals surface area contributed by atoms with E-state index >= 15 is 0 Å². The van der Waals surface area contributed by atoms with Crippen LogP contribution in [-0.4, -0.2) is 49.6 Å². The van der Waals surface area contributed by atoms with Gasteiger partial charge in [-0.15, -0.1) is 0 Å². The number of carbonyl (C=O) groups excluding carboxylic acids is 2. The highest BCUT2D eigenvalue weighted by Crippen LogP contribution is 2.31. The lowest BCUT2D eigenvalue weighted by Gasteiger charge is -2.17. The quantitative estimate of drug-likeness (QED) is 0.427. The second kappa shape index (κ2) is 8.54. The van der Waals surface area contributed by atoms with Gasteiger partial charge >= 0.3 is 11.9 Å². The normalized spacial score (nSPS) is 26.1. The summed E-state index contributed by atoms with van der Waals surface area (Å²) in [5, 5.41) is 0. The summed E-state index contributed by atoms with van der Waals surface area (Å²) >= 11 is 0. The van der Waals surface area contributed by atoms with Crippen molar-refractivity contribution in [2.75, 3.05) is 13.2 Å². The second-order valence-corrected chi connectivity index (χ2v) is 7.05. The second-order valence-electron chi connectivity index (χ2n) is 7.05. The Morgan fingerprint density at radius 1 is 1.00 bits per heavy atom. The Morgan fingerprint density at radius 3 is 2.14 bits per heavy atom. The van der Waals surface area contributed by atoms with Crippen LogP contribution in [0.15, 0.2) is 60.7 Å². The molecule has 4 unspecified atom stereocenters. The van der Waals surface area contributed by atoms with Crippen molar-refractivity contribution in [1.82, 2.24) is 0 Å². The van der Waals surface area contributed by atoms with Gasteiger partial charge in [0.05, 0.1) is 24.4 Å². The Morgan fingerprint density at radius 2 is 1.57 bits per heavy atom. The first-order chi connectivity index (χ1) is 13.3. The zero-order valence-electron chi connectivity index (χ0n) is 16.1. The predicted octanol–water partition coefficient (Wildman–Crippen LogP) is 2.92. The van der Waals surface area contributed by atoms with Crippen LogP contribution in [0.5, 0.6) is 0 Å². The Labute approximate surface area is 164 Å². The maximum Gasteiger partial charge on any atom is 0.338 e. The van der Waals surface area contributed by atoms with Gasteiger partial charge < -0.3 is 18.9 Å². The molecular weight excluding hydrogens is 360 g/mol. The SMILES string of the molecule is C=C(C)C=CC(=C)C(=O)OC1COC2C(OC(=O)c3ccc(C)cc3)COC12. The summed E-state index contributed by atoms with van der Waals surface area (Å²) in [5.74, 6) is -0.980. The van der Waals surface area contributed by atoms with E-state index < -0.39 is 36.4 Å². The van der Waals surface area contributed by atoms with Crippen LogP contribution >= 0.6 is 0 Å². The van der Waals surface area contributed by atoms with Crippen LogP contribution < -0.4 is 0 Å². The molecule has 6 nitrogen and oxygen atoms in total. The first-order valence-electron chi connectivity index (χ1n) is 9.09. The molecule has 1 aromatic carbocycles. The van der Waals surface area contributed by atoms with Crippen molar-refractivity contribution in [3.05, 3.63) is 71.8 Å². The molecule has 148 valence electrons. The molecule has 2 fully saturated rings. The Bertz CT molecular complexity index is 807. The average molecular weight is 384 g/mol. The van der Waals surface area contributed by atoms with Crippen molar-refractivity contribution in [3.8, 4) is 0 Å². The molecule has 4 atom stereocenters. The van der Waals surface area contributed by atoms with Gasteiger partial charge in [0.15, 0.2) is 12.2 Å². The maximum absolute atomic E-state index is 12.3. The molecule has 2 aliphatic rings. The number of rotatable bonds is 6. The van der Waals surface area contributed by atoms with Crippen LogP contribution in [0.25, 0.3) is 0 Å². The van der Waals surface area contributed by atoms with Gasteiger partial charge in [0.2, 0.25) is 0 Å². The number of ether oxygens (including phenoxy) is 4. The van der Waals surface area contributed by atoms with E-state index in [1.807, 2.05) is 26.0 Å². The minimum absolute atomic E-state index is 0.178. The lowest BCUT2D eigenvalue weighted by atomic mass is 10.1. The smallest absolute Gasteiger partial charge is 0.338 e. The minimum atomic E-state index is -0.574. The van der Waals surface area contributed by atoms with E-state index in [2.05, 4.69) is 13.2 Å². The molecule has 0 N–H and O–H groups in total. The molecule has 1 aromatic rings. The van der Waals surface area contributed by atoms with Gasteiger partial charge in [-0.2, -0.15) is 0 Å². The van der Waals surface area contributed by atoms with Crippen molar-refractivity contribution >= 4 is 11.9 Å². The van der Waals surface area contributed by atoms with Crippen molar-refractivity contribution in [2.45, 2.75) is 38.3 Å². The van der Waals surface area contributed by atoms with Gasteiger partial charge in [-0.25, -0.2) is 9.59 Å². The van der Waals surface area contributed by atoms with E-state index in [1.165, 1.54) is 0 Å². The number of esters is 2. The highest BCUT2D eigenvalue weighted by Gasteiger charge is 2.51. The summed E-state index contributed by atoms with van der Waals surface area (Å²) in [7, 11) is 0. The van der Waals surface area contributed by atoms with E-state index in [4.69, 9.17) is 18.9 Å². The fourth-order valence-corrected chi connectivity index (χ4v) is 3.05. The minimum Gasteiger partial charge on any atom is -0.453 e. The number of hydrogen-bond donors (Lipinski definition) is 0. The van der Waals surface area contributed by atoms with E-state index in [1.54, 1.807) is 24.3 Å². The Kier molecular flexibility index (Phi) is 6.11. The zero-order chi connectivity index (χ0) is 20.3. The van der Waals surface area contributed by atoms with Crippen LogP contribution in [0.2, 0.25) is 0 Å². The summed E-state index contributed by atoms with van der Waals surface area (Å²) in [4.78, 5) is 24.5. The fraction of sp³-hybridized carbons (Fsp3) is 0.364. The molecule has 0 bridgehead atoms. The first-order valence-corrected chi connectivity index (χ1v) is 9.09. The third-order valence-electron chi connectivity index (χ3n) is 4.60. The molecule has 0 saturated carbocycles. The number of hydrogen-bond acceptors (Lipinski definition) is 6. The van der Waals surface area contributed by atoms with Crippen LogP contribution in [0.1, 0.15) is 22.8 Å². The Balaban J connectivity index is 1.56. The molecule has 0 radical (unpaired) electrons. The molecular formula is C22H24O6. The van der Waals surface area contributed by atoms with Gasteiger partial charge in [-0.3, -0.25) is 0 Å². The van der Waals surface area contributed by atoms with Crippen LogP contribution in [-0.2, 0) is 23.7 Å². The summed E-state index contributed by atoms with van der Waals surface area (Å²) < 4.78 is 22.4. The molecule has 0 aromatic heterocycles. The molecule has 0 spiro atoms. The number of aryl methyl sites for hydroxylation is 1. The fourth-order valence-electron chi connectivity index (χ4n) is 3.05. The van der Waals surface area contributed by atoms with E-state index in [0.717, 1.165) is 11.1 Å². The monoisotopic (exact) mass is 384 g/mol. The zero-order valence-corrected chi connectivity index (χ0v) is 16.1. The molecule has 2 saturated heterocycles. The van der Waals surface area contributed by atoms with Gasteiger partial charge in [-0.1, -0.05) is 42.5 Å². The summed E-state index contributed by atoms with van der Waals surface area (Å²) in [6, 6.07) is 7.13. The summed E-state index contributed by atoms with van der Waals surface area (Å²) in [5.41, 5.74) is 2.54. The first kappa shape index (κ1) is 20.0. The number of carbonyl (C=O) groups is 2. The molecule has 28 heavy (non-hydrogen) atoms. The largest absolute Gasteiger partial charge is 0.453 e. The van der Waals surface area contributed by atoms with Crippen molar-refractivity contribution in [3.63, 3.8) is 0 Å². The van der Waals surface area contributed by atoms with Gasteiger partial charge in [-0.05, 0) is 32.1 Å². The third-order valence-corrected chi connectivity index (χ3v) is 4.60. The van der Waals surface area contributed by atoms with Crippen molar-refractivity contribution in [1.29, 1.82) is 0 Å². The number of fused-ring (bicyclic) bond motifs is 1. The van der Waals surface area contributed by atoms with E-state index in [0.29, 0.717) is 5.56 Å². The average Bonchev–Trinajstić information content (AvgIpc) is 3.23. The maximum atomic E-state index is 12.3. The molecule has 2 heterocycles. The van der Waals surface area contributed by atoms with Gasteiger partial charge in [0.1, 0.15) is 12.2 Å². The molecule has 0 aliphatic carbocycles. The molecule has 0 amide bonds. The summed E-state index contributed by atoms with van der Waals surface area (Å²) in [6.07, 6.45) is 1.18. The van der Waals surface area contributed by atoms with Crippen molar-refractivity contribution < 1.29 is 28.5 Å². The highest BCUT2D eigenvalue weighted by atomic mass is 16.7. The number of allylic oxidation sites excluding steroid dienone is 2. The molecule has 2 aliphatic heterocycles. The van der Waals surface area contributed by atoms with Gasteiger partial charge in [0.25, 0.3) is 0 Å². The lowest BCUT2D eigenvalue weighted by Crippen LogP contribution is -2.36. The standard InChI is InChI=1S/C22H24O6/c1-13(2)5-8-15(4)21(23)27-17-11-25-20-18(12-26-19(17)20)28-22(24)16-9-6-14(3)7-10-16/h5-10,17-20H,1,4,11-12H2,2-3H3. The van der Waals surface area contributed by atoms with Gasteiger partial charge in [0, 0.05) is 0 Å². The highest BCUT2D eigenvalue weighted by molar-refractivity contribution is 5.91. The van der Waals surface area contributed by atoms with E-state index in [-0.39, 0.29) is 18.8 Å².